The van der Waals surface area contributed by atoms with E-state index in [4.69, 9.17) is 11.6 Å². The summed E-state index contributed by atoms with van der Waals surface area (Å²) in [5.74, 6) is -1.60. The van der Waals surface area contributed by atoms with Crippen LogP contribution in [0.25, 0.3) is 0 Å². The Labute approximate surface area is 121 Å². The number of hydrogen-bond donors (Lipinski definition) is 1. The molecule has 1 unspecified atom stereocenters. The van der Waals surface area contributed by atoms with Gasteiger partial charge in [0, 0.05) is 18.4 Å². The molecular formula is C15H15ClF2N2. The third-order valence-electron chi connectivity index (χ3n) is 3.23. The van der Waals surface area contributed by atoms with Crippen molar-refractivity contribution in [2.24, 2.45) is 0 Å². The second kappa shape index (κ2) is 6.77. The number of rotatable bonds is 5. The van der Waals surface area contributed by atoms with E-state index in [-0.39, 0.29) is 6.04 Å². The van der Waals surface area contributed by atoms with Gasteiger partial charge in [0.05, 0.1) is 5.02 Å². The third kappa shape index (κ3) is 3.52. The van der Waals surface area contributed by atoms with Crippen LogP contribution in [0.15, 0.2) is 36.7 Å². The van der Waals surface area contributed by atoms with Gasteiger partial charge in [-0.2, -0.15) is 0 Å². The van der Waals surface area contributed by atoms with Crippen LogP contribution in [0.2, 0.25) is 5.02 Å². The molecule has 1 N–H and O–H groups in total. The molecule has 0 saturated heterocycles. The van der Waals surface area contributed by atoms with Crippen LogP contribution in [-0.2, 0) is 12.8 Å². The zero-order valence-corrected chi connectivity index (χ0v) is 11.8. The fraction of sp³-hybridized carbons (Fsp3) is 0.267. The number of hydrogen-bond acceptors (Lipinski definition) is 2. The molecule has 5 heteroatoms. The highest BCUT2D eigenvalue weighted by Crippen LogP contribution is 2.18. The van der Waals surface area contributed by atoms with E-state index in [9.17, 15) is 8.78 Å². The van der Waals surface area contributed by atoms with Crippen LogP contribution in [0, 0.1) is 11.6 Å². The lowest BCUT2D eigenvalue weighted by molar-refractivity contribution is 0.482. The Kier molecular flexibility index (Phi) is 5.04. The van der Waals surface area contributed by atoms with E-state index < -0.39 is 11.6 Å². The summed E-state index contributed by atoms with van der Waals surface area (Å²) < 4.78 is 26.9. The molecule has 0 radical (unpaired) electrons. The number of halogens is 3. The molecule has 0 aliphatic heterocycles. The first-order valence-corrected chi connectivity index (χ1v) is 6.68. The number of pyridine rings is 1. The second-order valence-electron chi connectivity index (χ2n) is 4.57. The predicted octanol–water partition coefficient (Wildman–Crippen LogP) is 3.39. The van der Waals surface area contributed by atoms with Crippen molar-refractivity contribution < 1.29 is 8.78 Å². The first-order valence-electron chi connectivity index (χ1n) is 6.30. The first-order chi connectivity index (χ1) is 9.61. The predicted molar refractivity (Wildman–Crippen MR) is 75.9 cm³/mol. The van der Waals surface area contributed by atoms with Gasteiger partial charge < -0.3 is 5.32 Å². The minimum Gasteiger partial charge on any atom is -0.316 e. The Bertz CT molecular complexity index is 590. The highest BCUT2D eigenvalue weighted by Gasteiger charge is 2.15. The number of likely N-dealkylation sites (N-methyl/N-ethyl adjacent to an activating group) is 1. The summed E-state index contributed by atoms with van der Waals surface area (Å²) in [6, 6.07) is 6.02. The van der Waals surface area contributed by atoms with Crippen molar-refractivity contribution in [2.75, 3.05) is 7.05 Å². The zero-order valence-electron chi connectivity index (χ0n) is 11.0. The molecule has 20 heavy (non-hydrogen) atoms. The smallest absolute Gasteiger partial charge is 0.162 e. The summed E-state index contributed by atoms with van der Waals surface area (Å²) >= 11 is 6.06. The third-order valence-corrected chi connectivity index (χ3v) is 3.57. The van der Waals surface area contributed by atoms with Gasteiger partial charge in [-0.1, -0.05) is 23.7 Å². The topological polar surface area (TPSA) is 24.9 Å². The van der Waals surface area contributed by atoms with Crippen LogP contribution < -0.4 is 5.32 Å². The van der Waals surface area contributed by atoms with Gasteiger partial charge in [0.1, 0.15) is 0 Å². The Morgan fingerprint density at radius 3 is 2.65 bits per heavy atom. The van der Waals surface area contributed by atoms with Crippen molar-refractivity contribution in [3.63, 3.8) is 0 Å². The van der Waals surface area contributed by atoms with Gasteiger partial charge in [0.2, 0.25) is 0 Å². The number of aromatic nitrogens is 1. The van der Waals surface area contributed by atoms with E-state index in [1.165, 1.54) is 6.07 Å². The summed E-state index contributed by atoms with van der Waals surface area (Å²) in [7, 11) is 1.79. The van der Waals surface area contributed by atoms with Crippen LogP contribution in [0.5, 0.6) is 0 Å². The van der Waals surface area contributed by atoms with E-state index in [1.54, 1.807) is 25.5 Å². The summed E-state index contributed by atoms with van der Waals surface area (Å²) in [4.78, 5) is 3.93. The van der Waals surface area contributed by atoms with Crippen molar-refractivity contribution in [3.05, 3.63) is 64.4 Å². The quantitative estimate of drug-likeness (QED) is 0.915. The van der Waals surface area contributed by atoms with Crippen LogP contribution in [0.3, 0.4) is 0 Å². The van der Waals surface area contributed by atoms with Gasteiger partial charge in [-0.25, -0.2) is 8.78 Å². The summed E-state index contributed by atoms with van der Waals surface area (Å²) in [5, 5.41) is 3.68. The lowest BCUT2D eigenvalue weighted by atomic mass is 9.99. The maximum Gasteiger partial charge on any atom is 0.162 e. The van der Waals surface area contributed by atoms with Crippen LogP contribution in [0.1, 0.15) is 11.1 Å². The van der Waals surface area contributed by atoms with E-state index >= 15 is 0 Å². The Morgan fingerprint density at radius 2 is 1.95 bits per heavy atom. The molecule has 106 valence electrons. The SMILES string of the molecule is CNC(Cc1ccncc1Cl)Cc1cccc(F)c1F. The van der Waals surface area contributed by atoms with E-state index in [1.807, 2.05) is 6.07 Å². The molecule has 1 atom stereocenters. The van der Waals surface area contributed by atoms with Gasteiger partial charge in [-0.05, 0) is 43.1 Å². The van der Waals surface area contributed by atoms with Crippen molar-refractivity contribution in [3.8, 4) is 0 Å². The lowest BCUT2D eigenvalue weighted by Crippen LogP contribution is -2.30. The van der Waals surface area contributed by atoms with Crippen molar-refractivity contribution in [1.82, 2.24) is 10.3 Å². The van der Waals surface area contributed by atoms with Gasteiger partial charge >= 0.3 is 0 Å². The molecule has 1 aromatic carbocycles. The number of benzene rings is 1. The molecule has 2 aromatic rings. The Morgan fingerprint density at radius 1 is 1.20 bits per heavy atom. The Hall–Kier alpha value is -1.52. The largest absolute Gasteiger partial charge is 0.316 e. The average molecular weight is 297 g/mol. The number of nitrogens with one attached hydrogen (secondary N) is 1. The lowest BCUT2D eigenvalue weighted by Gasteiger charge is -2.17. The standard InChI is InChI=1S/C15H15ClF2N2/c1-19-12(7-10-5-6-20-9-13(10)16)8-11-3-2-4-14(17)15(11)18/h2-6,9,12,19H,7-8H2,1H3. The van der Waals surface area contributed by atoms with Gasteiger partial charge in [-0.15, -0.1) is 0 Å². The molecule has 2 nitrogen and oxygen atoms in total. The molecule has 0 aliphatic rings. The highest BCUT2D eigenvalue weighted by atomic mass is 35.5. The van der Waals surface area contributed by atoms with E-state index in [0.717, 1.165) is 11.6 Å². The fourth-order valence-corrected chi connectivity index (χ4v) is 2.28. The first kappa shape index (κ1) is 14.9. The molecule has 1 aromatic heterocycles. The van der Waals surface area contributed by atoms with E-state index in [0.29, 0.717) is 23.4 Å². The van der Waals surface area contributed by atoms with Crippen molar-refractivity contribution in [2.45, 2.75) is 18.9 Å². The monoisotopic (exact) mass is 296 g/mol. The summed E-state index contributed by atoms with van der Waals surface area (Å²) in [6.45, 7) is 0. The fourth-order valence-electron chi connectivity index (χ4n) is 2.08. The molecule has 0 amide bonds. The van der Waals surface area contributed by atoms with Crippen LogP contribution in [0.4, 0.5) is 8.78 Å². The van der Waals surface area contributed by atoms with Gasteiger partial charge in [-0.3, -0.25) is 4.98 Å². The summed E-state index contributed by atoms with van der Waals surface area (Å²) in [6.07, 6.45) is 4.25. The maximum atomic E-state index is 13.7. The normalized spacial score (nSPS) is 12.4. The minimum atomic E-state index is -0.820. The molecule has 0 fully saturated rings. The molecule has 0 spiro atoms. The van der Waals surface area contributed by atoms with Crippen LogP contribution in [-0.4, -0.2) is 18.1 Å². The van der Waals surface area contributed by atoms with Crippen molar-refractivity contribution >= 4 is 11.6 Å². The average Bonchev–Trinajstić information content (AvgIpc) is 2.45. The molecule has 0 aliphatic carbocycles. The molecular weight excluding hydrogens is 282 g/mol. The number of nitrogens with zero attached hydrogens (tertiary/aromatic N) is 1. The van der Waals surface area contributed by atoms with Crippen molar-refractivity contribution in [1.29, 1.82) is 0 Å². The second-order valence-corrected chi connectivity index (χ2v) is 4.98. The summed E-state index contributed by atoms with van der Waals surface area (Å²) in [5.41, 5.74) is 1.28. The van der Waals surface area contributed by atoms with Crippen LogP contribution >= 0.6 is 11.6 Å². The molecule has 2 rings (SSSR count). The molecule has 0 saturated carbocycles. The Balaban J connectivity index is 2.14. The van der Waals surface area contributed by atoms with E-state index in [2.05, 4.69) is 10.3 Å². The zero-order chi connectivity index (χ0) is 14.5. The maximum absolute atomic E-state index is 13.7. The van der Waals surface area contributed by atoms with Gasteiger partial charge in [0.15, 0.2) is 11.6 Å². The minimum absolute atomic E-state index is 0.0359. The molecule has 1 heterocycles. The highest BCUT2D eigenvalue weighted by molar-refractivity contribution is 6.31. The van der Waals surface area contributed by atoms with Gasteiger partial charge in [0.25, 0.3) is 0 Å². The molecule has 0 bridgehead atoms.